The van der Waals surface area contributed by atoms with Gasteiger partial charge in [-0.25, -0.2) is 4.79 Å². The Balaban J connectivity index is 1.23. The van der Waals surface area contributed by atoms with Crippen LogP contribution in [0.4, 0.5) is 0 Å². The largest absolute Gasteiger partial charge is 0.342 e. The van der Waals surface area contributed by atoms with Crippen molar-refractivity contribution in [1.29, 1.82) is 0 Å². The van der Waals surface area contributed by atoms with Crippen molar-refractivity contribution in [2.45, 2.75) is 69.9 Å². The first kappa shape index (κ1) is 22.9. The van der Waals surface area contributed by atoms with Crippen LogP contribution >= 0.6 is 0 Å². The summed E-state index contributed by atoms with van der Waals surface area (Å²) >= 11 is 0. The van der Waals surface area contributed by atoms with Gasteiger partial charge in [0.1, 0.15) is 0 Å². The van der Waals surface area contributed by atoms with Gasteiger partial charge in [0.25, 0.3) is 0 Å². The number of carbonyl (C=O) groups excluding carboxylic acids is 1. The molecule has 0 spiro atoms. The SMILES string of the molecule is Cc1cccc([C@H]2CC[C@@H](C(=O)N3CCC(n4c(=O)[nH]c5ccccc54)CC3)CCC[C@H]2N)c1. The van der Waals surface area contributed by atoms with Crippen LogP contribution in [-0.2, 0) is 4.79 Å². The molecular weight excluding hydrogens is 424 g/mol. The zero-order chi connectivity index (χ0) is 23.7. The highest BCUT2D eigenvalue weighted by atomic mass is 16.2. The van der Waals surface area contributed by atoms with Gasteiger partial charge in [-0.05, 0) is 69.1 Å². The van der Waals surface area contributed by atoms with E-state index in [1.165, 1.54) is 11.1 Å². The van der Waals surface area contributed by atoms with Crippen molar-refractivity contribution in [3.8, 4) is 0 Å². The lowest BCUT2D eigenvalue weighted by Gasteiger charge is -2.36. The third-order valence-electron chi connectivity index (χ3n) is 8.02. The number of hydrogen-bond acceptors (Lipinski definition) is 3. The van der Waals surface area contributed by atoms with Crippen molar-refractivity contribution < 1.29 is 4.79 Å². The first-order valence-electron chi connectivity index (χ1n) is 12.8. The van der Waals surface area contributed by atoms with Crippen molar-refractivity contribution >= 4 is 16.9 Å². The molecule has 1 aliphatic carbocycles. The predicted molar refractivity (Wildman–Crippen MR) is 136 cm³/mol. The summed E-state index contributed by atoms with van der Waals surface area (Å²) in [5.41, 5.74) is 10.9. The van der Waals surface area contributed by atoms with Gasteiger partial charge in [-0.2, -0.15) is 0 Å². The van der Waals surface area contributed by atoms with E-state index in [0.29, 0.717) is 24.9 Å². The molecule has 3 aromatic rings. The summed E-state index contributed by atoms with van der Waals surface area (Å²) in [5, 5.41) is 0. The number of nitrogens with zero attached hydrogens (tertiary/aromatic N) is 2. The number of amides is 1. The third kappa shape index (κ3) is 4.56. The zero-order valence-electron chi connectivity index (χ0n) is 20.1. The summed E-state index contributed by atoms with van der Waals surface area (Å²) in [4.78, 5) is 31.1. The van der Waals surface area contributed by atoms with Gasteiger partial charge in [-0.3, -0.25) is 9.36 Å². The fourth-order valence-corrected chi connectivity index (χ4v) is 6.14. The number of imidazole rings is 1. The predicted octanol–water partition coefficient (Wildman–Crippen LogP) is 4.49. The number of nitrogens with two attached hydrogens (primary N) is 1. The minimum absolute atomic E-state index is 0.0514. The summed E-state index contributed by atoms with van der Waals surface area (Å²) in [6, 6.07) is 16.8. The second kappa shape index (κ2) is 9.79. The Morgan fingerprint density at radius 3 is 2.56 bits per heavy atom. The summed E-state index contributed by atoms with van der Waals surface area (Å²) in [7, 11) is 0. The van der Waals surface area contributed by atoms with Gasteiger partial charge < -0.3 is 15.6 Å². The molecule has 34 heavy (non-hydrogen) atoms. The maximum atomic E-state index is 13.5. The first-order chi connectivity index (χ1) is 16.5. The molecule has 1 saturated heterocycles. The van der Waals surface area contributed by atoms with Gasteiger partial charge in [0.05, 0.1) is 11.0 Å². The van der Waals surface area contributed by atoms with E-state index >= 15 is 0 Å². The summed E-state index contributed by atoms with van der Waals surface area (Å²) in [5.74, 6) is 0.686. The summed E-state index contributed by atoms with van der Waals surface area (Å²) in [6.45, 7) is 3.55. The number of aromatic amines is 1. The molecule has 2 aliphatic rings. The monoisotopic (exact) mass is 460 g/mol. The van der Waals surface area contributed by atoms with Crippen molar-refractivity contribution in [1.82, 2.24) is 14.5 Å². The number of piperidine rings is 1. The smallest absolute Gasteiger partial charge is 0.326 e. The molecule has 5 rings (SSSR count). The molecule has 1 aliphatic heterocycles. The van der Waals surface area contributed by atoms with Crippen molar-refractivity contribution in [3.63, 3.8) is 0 Å². The molecule has 3 N–H and O–H groups in total. The Kier molecular flexibility index (Phi) is 6.59. The van der Waals surface area contributed by atoms with E-state index in [1.54, 1.807) is 0 Å². The lowest BCUT2D eigenvalue weighted by atomic mass is 9.78. The van der Waals surface area contributed by atoms with E-state index in [4.69, 9.17) is 5.73 Å². The highest BCUT2D eigenvalue weighted by molar-refractivity contribution is 5.79. The Morgan fingerprint density at radius 2 is 1.76 bits per heavy atom. The minimum atomic E-state index is -0.0514. The lowest BCUT2D eigenvalue weighted by molar-refractivity contribution is -0.137. The normalized spacial score (nSPS) is 24.6. The number of H-pyrrole nitrogens is 1. The van der Waals surface area contributed by atoms with E-state index in [-0.39, 0.29) is 23.7 Å². The average molecular weight is 461 g/mol. The van der Waals surface area contributed by atoms with Crippen LogP contribution in [0.2, 0.25) is 0 Å². The molecule has 1 aromatic heterocycles. The minimum Gasteiger partial charge on any atom is -0.342 e. The number of fused-ring (bicyclic) bond motifs is 1. The van der Waals surface area contributed by atoms with E-state index in [2.05, 4.69) is 36.2 Å². The van der Waals surface area contributed by atoms with Crippen LogP contribution in [0.1, 0.15) is 68.0 Å². The fourth-order valence-electron chi connectivity index (χ4n) is 6.14. The molecule has 2 heterocycles. The molecule has 0 radical (unpaired) electrons. The van der Waals surface area contributed by atoms with Crippen molar-refractivity contribution in [2.75, 3.05) is 13.1 Å². The third-order valence-corrected chi connectivity index (χ3v) is 8.02. The first-order valence-corrected chi connectivity index (χ1v) is 12.8. The Morgan fingerprint density at radius 1 is 0.971 bits per heavy atom. The second-order valence-electron chi connectivity index (χ2n) is 10.3. The van der Waals surface area contributed by atoms with Crippen LogP contribution in [-0.4, -0.2) is 39.5 Å². The Labute approximate surface area is 201 Å². The maximum Gasteiger partial charge on any atom is 0.326 e. The number of nitrogens with one attached hydrogen (secondary N) is 1. The van der Waals surface area contributed by atoms with E-state index in [9.17, 15) is 9.59 Å². The van der Waals surface area contributed by atoms with Gasteiger partial charge in [-0.1, -0.05) is 48.4 Å². The lowest BCUT2D eigenvalue weighted by Crippen LogP contribution is -2.43. The van der Waals surface area contributed by atoms with Gasteiger partial charge >= 0.3 is 5.69 Å². The Bertz CT molecular complexity index is 1200. The maximum absolute atomic E-state index is 13.5. The summed E-state index contributed by atoms with van der Waals surface area (Å²) in [6.07, 6.45) is 6.38. The van der Waals surface area contributed by atoms with Crippen LogP contribution in [0.15, 0.2) is 53.3 Å². The molecule has 0 bridgehead atoms. The molecular formula is C28H36N4O2. The molecule has 6 heteroatoms. The van der Waals surface area contributed by atoms with Gasteiger partial charge in [0.2, 0.25) is 5.91 Å². The highest BCUT2D eigenvalue weighted by Gasteiger charge is 2.32. The number of aryl methyl sites for hydroxylation is 1. The van der Waals surface area contributed by atoms with Crippen molar-refractivity contribution in [2.24, 2.45) is 11.7 Å². The molecule has 1 saturated carbocycles. The van der Waals surface area contributed by atoms with Gasteiger partial charge in [0.15, 0.2) is 0 Å². The van der Waals surface area contributed by atoms with Crippen LogP contribution in [0.3, 0.4) is 0 Å². The Hall–Kier alpha value is -2.86. The number of rotatable bonds is 3. The molecule has 2 aromatic carbocycles. The quantitative estimate of drug-likeness (QED) is 0.604. The topological polar surface area (TPSA) is 84.1 Å². The number of para-hydroxylation sites is 2. The molecule has 6 nitrogen and oxygen atoms in total. The van der Waals surface area contributed by atoms with Crippen LogP contribution in [0.5, 0.6) is 0 Å². The molecule has 0 unspecified atom stereocenters. The van der Waals surface area contributed by atoms with Crippen LogP contribution < -0.4 is 11.4 Å². The number of aromatic nitrogens is 2. The number of carbonyl (C=O) groups is 1. The molecule has 2 fully saturated rings. The molecule has 3 atom stereocenters. The van der Waals surface area contributed by atoms with E-state index in [1.807, 2.05) is 33.7 Å². The second-order valence-corrected chi connectivity index (χ2v) is 10.3. The van der Waals surface area contributed by atoms with Crippen LogP contribution in [0, 0.1) is 12.8 Å². The van der Waals surface area contributed by atoms with Gasteiger partial charge in [-0.15, -0.1) is 0 Å². The average Bonchev–Trinajstić information content (AvgIpc) is 3.17. The van der Waals surface area contributed by atoms with E-state index in [0.717, 1.165) is 56.0 Å². The summed E-state index contributed by atoms with van der Waals surface area (Å²) < 4.78 is 1.89. The molecule has 1 amide bonds. The molecule has 180 valence electrons. The number of benzene rings is 2. The highest BCUT2D eigenvalue weighted by Crippen LogP contribution is 2.34. The van der Waals surface area contributed by atoms with Crippen LogP contribution in [0.25, 0.3) is 11.0 Å². The number of hydrogen-bond donors (Lipinski definition) is 2. The van der Waals surface area contributed by atoms with Gasteiger partial charge in [0, 0.05) is 31.1 Å². The van der Waals surface area contributed by atoms with Crippen molar-refractivity contribution in [3.05, 3.63) is 70.1 Å². The standard InChI is InChI=1S/C28H36N4O2/c1-19-6-4-8-21(18-19)23-13-12-20(7-5-9-24(23)29)27(33)31-16-14-22(15-17-31)32-26-11-3-2-10-25(26)30-28(32)34/h2-4,6,8,10-11,18,20,22-24H,5,7,9,12-17,29H2,1H3,(H,30,34)/t20-,23+,24+/m0/s1. The number of likely N-dealkylation sites (tertiary alicyclic amines) is 1. The fraction of sp³-hybridized carbons (Fsp3) is 0.500. The zero-order valence-corrected chi connectivity index (χ0v) is 20.1. The van der Waals surface area contributed by atoms with E-state index < -0.39 is 0 Å².